The van der Waals surface area contributed by atoms with Gasteiger partial charge in [-0.25, -0.2) is 4.79 Å². The molecule has 5 nitrogen and oxygen atoms in total. The SMILES string of the molecule is [N-]=[N+]=NCC1=CC(=O)OC(c2ccc(Cl)cc2Cl)C1. The number of hydrogen-bond donors (Lipinski definition) is 0. The molecule has 0 spiro atoms. The average molecular weight is 298 g/mol. The van der Waals surface area contributed by atoms with Crippen LogP contribution in [0.3, 0.4) is 0 Å². The van der Waals surface area contributed by atoms with Crippen molar-refractivity contribution in [1.82, 2.24) is 0 Å². The minimum absolute atomic E-state index is 0.146. The van der Waals surface area contributed by atoms with Gasteiger partial charge in [0.05, 0.1) is 0 Å². The Bertz CT molecular complexity index is 595. The molecular weight excluding hydrogens is 289 g/mol. The van der Waals surface area contributed by atoms with Gasteiger partial charge in [0.25, 0.3) is 0 Å². The molecule has 19 heavy (non-hydrogen) atoms. The molecule has 98 valence electrons. The van der Waals surface area contributed by atoms with E-state index in [1.807, 2.05) is 0 Å². The number of nitrogens with zero attached hydrogens (tertiary/aromatic N) is 3. The van der Waals surface area contributed by atoms with Crippen molar-refractivity contribution >= 4 is 29.2 Å². The Labute approximate surface area is 119 Å². The minimum Gasteiger partial charge on any atom is -0.454 e. The summed E-state index contributed by atoms with van der Waals surface area (Å²) in [7, 11) is 0. The maximum Gasteiger partial charge on any atom is 0.331 e. The Morgan fingerprint density at radius 3 is 2.95 bits per heavy atom. The minimum atomic E-state index is -0.480. The Morgan fingerprint density at radius 1 is 1.47 bits per heavy atom. The largest absolute Gasteiger partial charge is 0.454 e. The van der Waals surface area contributed by atoms with Gasteiger partial charge in [-0.3, -0.25) is 0 Å². The summed E-state index contributed by atoms with van der Waals surface area (Å²) < 4.78 is 5.23. The molecule has 7 heteroatoms. The van der Waals surface area contributed by atoms with E-state index in [1.165, 1.54) is 6.08 Å². The maximum absolute atomic E-state index is 11.5. The van der Waals surface area contributed by atoms with Gasteiger partial charge in [-0.2, -0.15) is 0 Å². The van der Waals surface area contributed by atoms with E-state index in [0.717, 1.165) is 0 Å². The van der Waals surface area contributed by atoms with Gasteiger partial charge in [0, 0.05) is 39.6 Å². The standard InChI is InChI=1S/C12H9Cl2N3O2/c13-8-1-2-9(10(14)5-8)11-3-7(6-16-17-15)4-12(18)19-11/h1-2,4-5,11H,3,6H2. The zero-order valence-corrected chi connectivity index (χ0v) is 11.2. The Hall–Kier alpha value is -1.68. The summed E-state index contributed by atoms with van der Waals surface area (Å²) in [6, 6.07) is 5.00. The van der Waals surface area contributed by atoms with Crippen LogP contribution in [0, 0.1) is 0 Å². The van der Waals surface area contributed by atoms with Crippen molar-refractivity contribution in [3.05, 3.63) is 55.9 Å². The molecule has 0 saturated heterocycles. The molecule has 1 atom stereocenters. The maximum atomic E-state index is 11.5. The Morgan fingerprint density at radius 2 is 2.26 bits per heavy atom. The highest BCUT2D eigenvalue weighted by molar-refractivity contribution is 6.35. The lowest BCUT2D eigenvalue weighted by atomic mass is 9.99. The van der Waals surface area contributed by atoms with Gasteiger partial charge in [-0.05, 0) is 17.7 Å². The van der Waals surface area contributed by atoms with E-state index >= 15 is 0 Å². The van der Waals surface area contributed by atoms with Gasteiger partial charge in [0.1, 0.15) is 6.10 Å². The van der Waals surface area contributed by atoms with Crippen LogP contribution in [0.4, 0.5) is 0 Å². The fourth-order valence-corrected chi connectivity index (χ4v) is 2.38. The van der Waals surface area contributed by atoms with E-state index in [2.05, 4.69) is 10.0 Å². The first-order valence-electron chi connectivity index (χ1n) is 5.46. The van der Waals surface area contributed by atoms with E-state index in [1.54, 1.807) is 18.2 Å². The second-order valence-corrected chi connectivity index (χ2v) is 4.83. The number of esters is 1. The lowest BCUT2D eigenvalue weighted by molar-refractivity contribution is -0.144. The van der Waals surface area contributed by atoms with Crippen LogP contribution in [0.25, 0.3) is 10.4 Å². The molecule has 2 rings (SSSR count). The lowest BCUT2D eigenvalue weighted by Gasteiger charge is -2.23. The second-order valence-electron chi connectivity index (χ2n) is 3.99. The quantitative estimate of drug-likeness (QED) is 0.362. The highest BCUT2D eigenvalue weighted by Gasteiger charge is 2.24. The van der Waals surface area contributed by atoms with Crippen molar-refractivity contribution in [1.29, 1.82) is 0 Å². The summed E-state index contributed by atoms with van der Waals surface area (Å²) in [6.07, 6.45) is 1.31. The zero-order valence-electron chi connectivity index (χ0n) is 9.72. The van der Waals surface area contributed by atoms with E-state index in [4.69, 9.17) is 33.5 Å². The van der Waals surface area contributed by atoms with Crippen LogP contribution < -0.4 is 0 Å². The van der Waals surface area contributed by atoms with Crippen LogP contribution in [0.5, 0.6) is 0 Å². The molecule has 1 aromatic rings. The topological polar surface area (TPSA) is 75.1 Å². The molecule has 0 aromatic heterocycles. The molecule has 0 bridgehead atoms. The molecule has 0 saturated carbocycles. The van der Waals surface area contributed by atoms with Crippen LogP contribution in [0.1, 0.15) is 18.1 Å². The van der Waals surface area contributed by atoms with Crippen molar-refractivity contribution in [3.8, 4) is 0 Å². The highest BCUT2D eigenvalue weighted by atomic mass is 35.5. The lowest BCUT2D eigenvalue weighted by Crippen LogP contribution is -2.17. The highest BCUT2D eigenvalue weighted by Crippen LogP contribution is 2.34. The number of rotatable bonds is 3. The van der Waals surface area contributed by atoms with Gasteiger partial charge >= 0.3 is 5.97 Å². The first-order valence-corrected chi connectivity index (χ1v) is 6.21. The third kappa shape index (κ3) is 3.41. The first kappa shape index (κ1) is 13.7. The van der Waals surface area contributed by atoms with E-state index in [9.17, 15) is 4.79 Å². The van der Waals surface area contributed by atoms with Crippen molar-refractivity contribution in [2.45, 2.75) is 12.5 Å². The fraction of sp³-hybridized carbons (Fsp3) is 0.250. The van der Waals surface area contributed by atoms with E-state index in [-0.39, 0.29) is 6.54 Å². The molecule has 1 unspecified atom stereocenters. The third-order valence-corrected chi connectivity index (χ3v) is 3.24. The molecule has 0 N–H and O–H groups in total. The monoisotopic (exact) mass is 297 g/mol. The number of hydrogen-bond acceptors (Lipinski definition) is 3. The van der Waals surface area contributed by atoms with Crippen LogP contribution >= 0.6 is 23.2 Å². The number of carbonyl (C=O) groups excluding carboxylic acids is 1. The van der Waals surface area contributed by atoms with Crippen LogP contribution in [-0.4, -0.2) is 12.5 Å². The molecule has 1 heterocycles. The summed E-state index contributed by atoms with van der Waals surface area (Å²) in [5.41, 5.74) is 9.70. The average Bonchev–Trinajstić information content (AvgIpc) is 2.35. The van der Waals surface area contributed by atoms with Crippen LogP contribution in [-0.2, 0) is 9.53 Å². The predicted molar refractivity (Wildman–Crippen MR) is 72.0 cm³/mol. The fourth-order valence-electron chi connectivity index (χ4n) is 1.85. The van der Waals surface area contributed by atoms with Crippen molar-refractivity contribution in [3.63, 3.8) is 0 Å². The van der Waals surface area contributed by atoms with Gasteiger partial charge in [-0.15, -0.1) is 0 Å². The molecule has 1 aromatic carbocycles. The van der Waals surface area contributed by atoms with Crippen molar-refractivity contribution < 1.29 is 9.53 Å². The third-order valence-electron chi connectivity index (χ3n) is 2.67. The van der Waals surface area contributed by atoms with Gasteiger partial charge in [0.2, 0.25) is 0 Å². The molecule has 0 amide bonds. The normalized spacial score (nSPS) is 18.3. The number of halogens is 2. The molecule has 1 aliphatic rings. The smallest absolute Gasteiger partial charge is 0.331 e. The molecule has 0 aliphatic carbocycles. The number of carbonyl (C=O) groups is 1. The van der Waals surface area contributed by atoms with Crippen molar-refractivity contribution in [2.24, 2.45) is 5.11 Å². The Balaban J connectivity index is 2.24. The molecule has 0 fully saturated rings. The molecule has 0 radical (unpaired) electrons. The van der Waals surface area contributed by atoms with Gasteiger partial charge in [0.15, 0.2) is 0 Å². The Kier molecular flexibility index (Phi) is 4.32. The van der Waals surface area contributed by atoms with Crippen LogP contribution in [0.15, 0.2) is 35.0 Å². The first-order chi connectivity index (χ1) is 9.10. The van der Waals surface area contributed by atoms with Gasteiger partial charge < -0.3 is 4.74 Å². The van der Waals surface area contributed by atoms with Crippen molar-refractivity contribution in [2.75, 3.05) is 6.54 Å². The second kappa shape index (κ2) is 5.97. The summed E-state index contributed by atoms with van der Waals surface area (Å²) in [6.45, 7) is 0.146. The molecular formula is C12H9Cl2N3O2. The summed E-state index contributed by atoms with van der Waals surface area (Å²) >= 11 is 11.9. The summed E-state index contributed by atoms with van der Waals surface area (Å²) in [4.78, 5) is 14.2. The summed E-state index contributed by atoms with van der Waals surface area (Å²) in [5.74, 6) is -0.467. The van der Waals surface area contributed by atoms with E-state index < -0.39 is 12.1 Å². The summed E-state index contributed by atoms with van der Waals surface area (Å²) in [5, 5.41) is 4.40. The molecule has 1 aliphatic heterocycles. The van der Waals surface area contributed by atoms with E-state index in [0.29, 0.717) is 27.6 Å². The van der Waals surface area contributed by atoms with Crippen LogP contribution in [0.2, 0.25) is 10.0 Å². The predicted octanol–water partition coefficient (Wildman–Crippen LogP) is 4.22. The zero-order chi connectivity index (χ0) is 13.8. The number of azide groups is 1. The number of cyclic esters (lactones) is 1. The van der Waals surface area contributed by atoms with Gasteiger partial charge in [-0.1, -0.05) is 40.0 Å². The number of benzene rings is 1. The number of ether oxygens (including phenoxy) is 1.